The van der Waals surface area contributed by atoms with Crippen molar-refractivity contribution in [2.24, 2.45) is 23.7 Å². The lowest BCUT2D eigenvalue weighted by atomic mass is 9.62. The number of aliphatic hydroxyl groups excluding tert-OH is 1. The third kappa shape index (κ3) is 4.31. The molecular weight excluding hydrogens is 496 g/mol. The molecule has 4 rings (SSSR count). The van der Waals surface area contributed by atoms with Crippen molar-refractivity contribution in [3.8, 4) is 0 Å². The number of nitrogens with zero attached hydrogens (tertiary/aromatic N) is 2. The highest BCUT2D eigenvalue weighted by molar-refractivity contribution is 6.05. The summed E-state index contributed by atoms with van der Waals surface area (Å²) in [5, 5.41) is 10.6. The molecule has 8 heteroatoms. The molecule has 39 heavy (non-hydrogen) atoms. The zero-order chi connectivity index (χ0) is 28.9. The number of likely N-dealkylation sites (tertiary alicyclic amines) is 1. The Labute approximate surface area is 232 Å². The molecule has 0 radical (unpaired) electrons. The fraction of sp³-hybridized carbons (Fsp3) is 0.645. The molecular formula is C31H44N2O6. The molecule has 2 amide bonds. The number of carbonyl (C=O) groups excluding carboxylic acids is 3. The van der Waals surface area contributed by atoms with Gasteiger partial charge >= 0.3 is 5.97 Å². The first kappa shape index (κ1) is 29.3. The van der Waals surface area contributed by atoms with Gasteiger partial charge in [-0.1, -0.05) is 45.4 Å². The number of rotatable bonds is 10. The number of ether oxygens (including phenoxy) is 2. The summed E-state index contributed by atoms with van der Waals surface area (Å²) in [7, 11) is 0. The van der Waals surface area contributed by atoms with Crippen LogP contribution in [-0.2, 0) is 23.9 Å². The summed E-state index contributed by atoms with van der Waals surface area (Å²) >= 11 is 0. The van der Waals surface area contributed by atoms with Crippen molar-refractivity contribution in [1.29, 1.82) is 0 Å². The van der Waals surface area contributed by atoms with E-state index in [4.69, 9.17) is 9.47 Å². The highest BCUT2D eigenvalue weighted by Crippen LogP contribution is 2.66. The number of hydrogen-bond acceptors (Lipinski definition) is 6. The quantitative estimate of drug-likeness (QED) is 0.358. The molecule has 3 aliphatic rings. The SMILES string of the molecule is C=CCN(C(=O)C1N([C@@H](CO)[C@@H](C)CC)C(=O)[C@@H]2[C@@H](C(=O)OCC)[C@]3(C)OC12CC3C)c1cc(C)ccc1C. The summed E-state index contributed by atoms with van der Waals surface area (Å²) < 4.78 is 12.3. The Kier molecular flexibility index (Phi) is 8.03. The van der Waals surface area contributed by atoms with E-state index in [1.165, 1.54) is 0 Å². The number of anilines is 1. The lowest BCUT2D eigenvalue weighted by Crippen LogP contribution is -2.60. The van der Waals surface area contributed by atoms with Gasteiger partial charge in [0.2, 0.25) is 5.91 Å². The molecule has 3 aliphatic heterocycles. The van der Waals surface area contributed by atoms with Crippen molar-refractivity contribution in [2.45, 2.75) is 84.6 Å². The van der Waals surface area contributed by atoms with Crippen molar-refractivity contribution >= 4 is 23.5 Å². The normalized spacial score (nSPS) is 32.6. The summed E-state index contributed by atoms with van der Waals surface area (Å²) in [5.74, 6) is -2.95. The van der Waals surface area contributed by atoms with E-state index in [1.807, 2.05) is 59.7 Å². The van der Waals surface area contributed by atoms with Crippen molar-refractivity contribution in [2.75, 3.05) is 24.7 Å². The van der Waals surface area contributed by atoms with Crippen LogP contribution in [0.15, 0.2) is 30.9 Å². The first-order chi connectivity index (χ1) is 18.4. The average Bonchev–Trinajstić information content (AvgIpc) is 3.41. The van der Waals surface area contributed by atoms with Gasteiger partial charge in [-0.05, 0) is 63.1 Å². The molecule has 0 aromatic heterocycles. The Morgan fingerprint density at radius 1 is 1.33 bits per heavy atom. The van der Waals surface area contributed by atoms with Gasteiger partial charge in [0, 0.05) is 12.2 Å². The predicted molar refractivity (Wildman–Crippen MR) is 149 cm³/mol. The van der Waals surface area contributed by atoms with E-state index in [2.05, 4.69) is 6.58 Å². The van der Waals surface area contributed by atoms with Crippen LogP contribution in [0.4, 0.5) is 5.69 Å². The standard InChI is InChI=1S/C31H44N2O6/c1-9-14-32(22-15-18(4)12-13-20(22)6)28(36)26-31-16-21(7)30(8,39-31)25(29(37)38-11-3)24(31)27(35)33(26)23(17-34)19(5)10-2/h9,12-13,15,19,21,23-26,34H,1,10-11,14,16-17H2,2-8H3/t19-,21?,23-,24-,25-,26?,30+,31?/m0/s1. The molecule has 1 N–H and O–H groups in total. The minimum absolute atomic E-state index is 0.0794. The molecule has 8 nitrogen and oxygen atoms in total. The second-order valence-corrected chi connectivity index (χ2v) is 11.9. The van der Waals surface area contributed by atoms with Crippen LogP contribution in [-0.4, -0.2) is 70.8 Å². The molecule has 3 saturated heterocycles. The minimum Gasteiger partial charge on any atom is -0.466 e. The molecule has 1 aromatic rings. The maximum atomic E-state index is 14.8. The second-order valence-electron chi connectivity index (χ2n) is 11.9. The molecule has 0 aliphatic carbocycles. The molecule has 3 fully saturated rings. The van der Waals surface area contributed by atoms with E-state index in [-0.39, 0.29) is 43.4 Å². The number of hydrogen-bond donors (Lipinski definition) is 1. The number of esters is 1. The van der Waals surface area contributed by atoms with Crippen LogP contribution < -0.4 is 4.90 Å². The monoisotopic (exact) mass is 540 g/mol. The maximum Gasteiger partial charge on any atom is 0.312 e. The molecule has 0 saturated carbocycles. The first-order valence-electron chi connectivity index (χ1n) is 14.2. The zero-order valence-electron chi connectivity index (χ0n) is 24.4. The van der Waals surface area contributed by atoms with Crippen molar-refractivity contribution in [3.05, 3.63) is 42.0 Å². The summed E-state index contributed by atoms with van der Waals surface area (Å²) in [6, 6.07) is 4.32. The summed E-state index contributed by atoms with van der Waals surface area (Å²) in [5.41, 5.74) is 0.512. The third-order valence-electron chi connectivity index (χ3n) is 9.61. The first-order valence-corrected chi connectivity index (χ1v) is 14.2. The Bertz CT molecular complexity index is 1150. The van der Waals surface area contributed by atoms with Crippen LogP contribution in [0, 0.1) is 37.5 Å². The zero-order valence-corrected chi connectivity index (χ0v) is 24.4. The Hall–Kier alpha value is -2.71. The van der Waals surface area contributed by atoms with Gasteiger partial charge in [-0.25, -0.2) is 0 Å². The second kappa shape index (κ2) is 10.7. The van der Waals surface area contributed by atoms with Gasteiger partial charge in [-0.15, -0.1) is 6.58 Å². The highest BCUT2D eigenvalue weighted by Gasteiger charge is 2.81. The Balaban J connectivity index is 1.93. The van der Waals surface area contributed by atoms with E-state index in [9.17, 15) is 19.5 Å². The van der Waals surface area contributed by atoms with Crippen LogP contribution >= 0.6 is 0 Å². The fourth-order valence-electron chi connectivity index (χ4n) is 7.31. The molecule has 1 aromatic carbocycles. The molecule has 8 atom stereocenters. The number of aryl methyl sites for hydroxylation is 2. The van der Waals surface area contributed by atoms with Gasteiger partial charge in [0.05, 0.1) is 30.8 Å². The van der Waals surface area contributed by atoms with E-state index in [0.717, 1.165) is 16.8 Å². The van der Waals surface area contributed by atoms with Crippen molar-refractivity contribution in [3.63, 3.8) is 0 Å². The number of amides is 2. The summed E-state index contributed by atoms with van der Waals surface area (Å²) in [6.07, 6.45) is 2.83. The van der Waals surface area contributed by atoms with E-state index in [1.54, 1.807) is 22.8 Å². The van der Waals surface area contributed by atoms with Gasteiger partial charge in [-0.2, -0.15) is 0 Å². The van der Waals surface area contributed by atoms with Crippen LogP contribution in [0.5, 0.6) is 0 Å². The van der Waals surface area contributed by atoms with Crippen LogP contribution in [0.1, 0.15) is 58.6 Å². The minimum atomic E-state index is -1.21. The molecule has 2 bridgehead atoms. The summed E-state index contributed by atoms with van der Waals surface area (Å²) in [6.45, 7) is 17.5. The Morgan fingerprint density at radius 2 is 2.03 bits per heavy atom. The highest BCUT2D eigenvalue weighted by atomic mass is 16.6. The van der Waals surface area contributed by atoms with Gasteiger partial charge in [-0.3, -0.25) is 14.4 Å². The molecule has 3 unspecified atom stereocenters. The summed E-state index contributed by atoms with van der Waals surface area (Å²) in [4.78, 5) is 45.9. The molecule has 1 spiro atoms. The molecule has 3 heterocycles. The van der Waals surface area contributed by atoms with Crippen molar-refractivity contribution < 1.29 is 29.0 Å². The van der Waals surface area contributed by atoms with E-state index in [0.29, 0.717) is 12.8 Å². The fourth-order valence-corrected chi connectivity index (χ4v) is 7.31. The Morgan fingerprint density at radius 3 is 2.62 bits per heavy atom. The number of benzene rings is 1. The van der Waals surface area contributed by atoms with E-state index < -0.39 is 41.1 Å². The lowest BCUT2D eigenvalue weighted by molar-refractivity contribution is -0.162. The van der Waals surface area contributed by atoms with Gasteiger partial charge in [0.15, 0.2) is 0 Å². The van der Waals surface area contributed by atoms with Crippen LogP contribution in [0.25, 0.3) is 0 Å². The van der Waals surface area contributed by atoms with E-state index >= 15 is 0 Å². The number of carbonyl (C=O) groups is 3. The van der Waals surface area contributed by atoms with Gasteiger partial charge in [0.25, 0.3) is 5.91 Å². The number of fused-ring (bicyclic) bond motifs is 1. The van der Waals surface area contributed by atoms with Gasteiger partial charge in [0.1, 0.15) is 17.6 Å². The number of aliphatic hydroxyl groups is 1. The largest absolute Gasteiger partial charge is 0.466 e. The van der Waals surface area contributed by atoms with Crippen molar-refractivity contribution in [1.82, 2.24) is 4.90 Å². The predicted octanol–water partition coefficient (Wildman–Crippen LogP) is 3.80. The van der Waals surface area contributed by atoms with Crippen LogP contribution in [0.3, 0.4) is 0 Å². The van der Waals surface area contributed by atoms with Gasteiger partial charge < -0.3 is 24.4 Å². The topological polar surface area (TPSA) is 96.4 Å². The average molecular weight is 541 g/mol. The molecule has 214 valence electrons. The maximum absolute atomic E-state index is 14.8. The van der Waals surface area contributed by atoms with Crippen LogP contribution in [0.2, 0.25) is 0 Å². The third-order valence-corrected chi connectivity index (χ3v) is 9.61. The lowest BCUT2D eigenvalue weighted by Gasteiger charge is -2.41. The smallest absolute Gasteiger partial charge is 0.312 e.